The van der Waals surface area contributed by atoms with E-state index in [2.05, 4.69) is 11.4 Å². The van der Waals surface area contributed by atoms with Crippen LogP contribution < -0.4 is 14.8 Å². The summed E-state index contributed by atoms with van der Waals surface area (Å²) in [7, 11) is 0. The minimum atomic E-state index is -0.868. The fraction of sp³-hybridized carbons (Fsp3) is 0.571. The lowest BCUT2D eigenvalue weighted by Crippen LogP contribution is -2.53. The lowest BCUT2D eigenvalue weighted by atomic mass is 9.86. The zero-order chi connectivity index (χ0) is 19.8. The van der Waals surface area contributed by atoms with Crippen LogP contribution in [0.15, 0.2) is 12.1 Å². The van der Waals surface area contributed by atoms with Crippen molar-refractivity contribution in [3.05, 3.63) is 23.3 Å². The fourth-order valence-corrected chi connectivity index (χ4v) is 5.06. The van der Waals surface area contributed by atoms with Gasteiger partial charge in [0.05, 0.1) is 18.8 Å². The number of hydrogen-bond acceptors (Lipinski definition) is 6. The van der Waals surface area contributed by atoms with E-state index in [1.165, 1.54) is 4.90 Å². The summed E-state index contributed by atoms with van der Waals surface area (Å²) >= 11 is 0. The van der Waals surface area contributed by atoms with Crippen molar-refractivity contribution >= 4 is 11.9 Å². The van der Waals surface area contributed by atoms with E-state index in [0.717, 1.165) is 24.2 Å². The predicted molar refractivity (Wildman–Crippen MR) is 98.5 cm³/mol. The molecule has 2 spiro atoms. The monoisotopic (exact) mass is 395 g/mol. The van der Waals surface area contributed by atoms with E-state index in [1.54, 1.807) is 6.07 Å². The minimum absolute atomic E-state index is 0.000332. The molecule has 3 heterocycles. The van der Waals surface area contributed by atoms with E-state index in [0.29, 0.717) is 43.8 Å². The Labute approximate surface area is 167 Å². The Balaban J connectivity index is 1.18. The first-order valence-corrected chi connectivity index (χ1v) is 10.2. The maximum absolute atomic E-state index is 12.8. The minimum Gasteiger partial charge on any atom is -0.491 e. The second kappa shape index (κ2) is 5.63. The lowest BCUT2D eigenvalue weighted by Gasteiger charge is -2.40. The largest absolute Gasteiger partial charge is 0.491 e. The van der Waals surface area contributed by atoms with Crippen LogP contribution in [0.25, 0.3) is 0 Å². The molecule has 1 aromatic carbocycles. The molecule has 1 aromatic rings. The van der Waals surface area contributed by atoms with Crippen molar-refractivity contribution in [3.63, 3.8) is 0 Å². The molecule has 0 unspecified atom stereocenters. The lowest BCUT2D eigenvalue weighted by molar-refractivity contribution is -0.135. The summed E-state index contributed by atoms with van der Waals surface area (Å²) in [5.41, 5.74) is 0.704. The van der Waals surface area contributed by atoms with E-state index < -0.39 is 5.54 Å². The van der Waals surface area contributed by atoms with Gasteiger partial charge in [0.25, 0.3) is 5.91 Å². The first kappa shape index (κ1) is 17.1. The van der Waals surface area contributed by atoms with Gasteiger partial charge < -0.3 is 19.5 Å². The van der Waals surface area contributed by atoms with Crippen LogP contribution >= 0.6 is 0 Å². The maximum Gasteiger partial charge on any atom is 0.325 e. The first-order chi connectivity index (χ1) is 14.1. The number of amides is 3. The van der Waals surface area contributed by atoms with Crippen LogP contribution in [-0.4, -0.2) is 54.3 Å². The molecule has 2 saturated carbocycles. The average molecular weight is 395 g/mol. The number of urea groups is 1. The summed E-state index contributed by atoms with van der Waals surface area (Å²) in [6.45, 7) is 1.35. The highest BCUT2D eigenvalue weighted by molar-refractivity contribution is 6.07. The summed E-state index contributed by atoms with van der Waals surface area (Å²) in [5, 5.41) is 12.2. The molecule has 3 amide bonds. The SMILES string of the molecule is N#Cc1ccc(OC2CC(N3C(=O)N[C@]4(CCOC4)C3=O)C2)c2c1OCC21CC1. The average Bonchev–Trinajstić information content (AvgIpc) is 3.02. The van der Waals surface area contributed by atoms with Crippen molar-refractivity contribution in [1.29, 1.82) is 5.26 Å². The molecule has 0 bridgehead atoms. The molecule has 0 aromatic heterocycles. The molecule has 1 atom stereocenters. The van der Waals surface area contributed by atoms with E-state index in [1.807, 2.05) is 6.07 Å². The van der Waals surface area contributed by atoms with Crippen molar-refractivity contribution in [1.82, 2.24) is 10.2 Å². The summed E-state index contributed by atoms with van der Waals surface area (Å²) in [6, 6.07) is 5.33. The van der Waals surface area contributed by atoms with Gasteiger partial charge in [0.1, 0.15) is 29.2 Å². The van der Waals surface area contributed by atoms with E-state index in [9.17, 15) is 14.9 Å². The summed E-state index contributed by atoms with van der Waals surface area (Å²) in [5.74, 6) is 1.26. The number of nitriles is 1. The number of nitrogens with zero attached hydrogens (tertiary/aromatic N) is 2. The van der Waals surface area contributed by atoms with Crippen LogP contribution in [0.5, 0.6) is 11.5 Å². The van der Waals surface area contributed by atoms with Gasteiger partial charge in [0, 0.05) is 42.9 Å². The number of carbonyl (C=O) groups excluding carboxylic acids is 2. The van der Waals surface area contributed by atoms with Crippen LogP contribution in [0.4, 0.5) is 4.79 Å². The van der Waals surface area contributed by atoms with Crippen LogP contribution in [0, 0.1) is 11.3 Å². The van der Waals surface area contributed by atoms with Crippen molar-refractivity contribution in [2.75, 3.05) is 19.8 Å². The molecule has 150 valence electrons. The Morgan fingerprint density at radius 1 is 1.21 bits per heavy atom. The van der Waals surface area contributed by atoms with Gasteiger partial charge in [-0.05, 0) is 25.0 Å². The smallest absolute Gasteiger partial charge is 0.325 e. The van der Waals surface area contributed by atoms with E-state index in [-0.39, 0.29) is 36.1 Å². The molecule has 2 aliphatic carbocycles. The number of hydrogen-bond donors (Lipinski definition) is 1. The Bertz CT molecular complexity index is 967. The van der Waals surface area contributed by atoms with Gasteiger partial charge in [-0.25, -0.2) is 4.79 Å². The summed E-state index contributed by atoms with van der Waals surface area (Å²) in [6.07, 6.45) is 3.78. The molecule has 29 heavy (non-hydrogen) atoms. The maximum atomic E-state index is 12.8. The molecule has 6 rings (SSSR count). The molecule has 3 aliphatic heterocycles. The first-order valence-electron chi connectivity index (χ1n) is 10.2. The Morgan fingerprint density at radius 3 is 2.72 bits per heavy atom. The highest BCUT2D eigenvalue weighted by Gasteiger charge is 2.57. The second-order valence-electron chi connectivity index (χ2n) is 8.85. The van der Waals surface area contributed by atoms with Crippen LogP contribution in [0.2, 0.25) is 0 Å². The zero-order valence-corrected chi connectivity index (χ0v) is 15.9. The predicted octanol–water partition coefficient (Wildman–Crippen LogP) is 1.60. The highest BCUT2D eigenvalue weighted by atomic mass is 16.5. The number of ether oxygens (including phenoxy) is 3. The zero-order valence-electron chi connectivity index (χ0n) is 15.9. The van der Waals surface area contributed by atoms with Crippen molar-refractivity contribution in [2.45, 2.75) is 55.2 Å². The molecule has 8 heteroatoms. The normalized spacial score (nSPS) is 33.3. The summed E-state index contributed by atoms with van der Waals surface area (Å²) in [4.78, 5) is 26.6. The van der Waals surface area contributed by atoms with Gasteiger partial charge in [-0.3, -0.25) is 9.69 Å². The molecule has 4 fully saturated rings. The topological polar surface area (TPSA) is 101 Å². The molecule has 8 nitrogen and oxygen atoms in total. The van der Waals surface area contributed by atoms with Crippen molar-refractivity contribution in [2.24, 2.45) is 0 Å². The molecule has 5 aliphatic rings. The quantitative estimate of drug-likeness (QED) is 0.781. The fourth-order valence-electron chi connectivity index (χ4n) is 5.06. The number of imide groups is 1. The van der Waals surface area contributed by atoms with Crippen LogP contribution in [0.1, 0.15) is 43.2 Å². The van der Waals surface area contributed by atoms with Crippen molar-refractivity contribution in [3.8, 4) is 17.6 Å². The number of fused-ring (bicyclic) bond motifs is 2. The van der Waals surface area contributed by atoms with E-state index >= 15 is 0 Å². The molecule has 2 saturated heterocycles. The number of carbonyl (C=O) groups is 2. The Morgan fingerprint density at radius 2 is 2.03 bits per heavy atom. The van der Waals surface area contributed by atoms with Gasteiger partial charge in [-0.1, -0.05) is 0 Å². The summed E-state index contributed by atoms with van der Waals surface area (Å²) < 4.78 is 17.4. The van der Waals surface area contributed by atoms with Gasteiger partial charge in [0.2, 0.25) is 0 Å². The number of rotatable bonds is 3. The van der Waals surface area contributed by atoms with Gasteiger partial charge in [0.15, 0.2) is 0 Å². The van der Waals surface area contributed by atoms with E-state index in [4.69, 9.17) is 14.2 Å². The number of nitrogens with one attached hydrogen (secondary N) is 1. The molecular weight excluding hydrogens is 374 g/mol. The standard InChI is InChI=1S/C21H21N3O5/c22-9-12-1-2-15(16-17(12)28-10-20(16)3-4-20)29-14-7-13(8-14)24-18(25)21(23-19(24)26)5-6-27-11-21/h1-2,13-14H,3-8,10-11H2,(H,23,26)/t13?,14?,21-/m0/s1. The third-order valence-electron chi connectivity index (χ3n) is 7.06. The van der Waals surface area contributed by atoms with Crippen LogP contribution in [0.3, 0.4) is 0 Å². The van der Waals surface area contributed by atoms with Crippen molar-refractivity contribution < 1.29 is 23.8 Å². The van der Waals surface area contributed by atoms with Gasteiger partial charge >= 0.3 is 6.03 Å². The molecule has 1 N–H and O–H groups in total. The molecule has 0 radical (unpaired) electrons. The van der Waals surface area contributed by atoms with Crippen LogP contribution in [-0.2, 0) is 14.9 Å². The third kappa shape index (κ3) is 2.28. The van der Waals surface area contributed by atoms with Gasteiger partial charge in [-0.2, -0.15) is 5.26 Å². The Kier molecular flexibility index (Phi) is 3.32. The molecular formula is C21H21N3O5. The van der Waals surface area contributed by atoms with Gasteiger partial charge in [-0.15, -0.1) is 0 Å². The third-order valence-corrected chi connectivity index (χ3v) is 7.06. The second-order valence-corrected chi connectivity index (χ2v) is 8.85. The Hall–Kier alpha value is -2.79. The highest BCUT2D eigenvalue weighted by Crippen LogP contribution is 2.59. The number of benzene rings is 1.